The fourth-order valence-electron chi connectivity index (χ4n) is 3.36. The summed E-state index contributed by atoms with van der Waals surface area (Å²) in [5.74, 6) is -0.540. The van der Waals surface area contributed by atoms with E-state index in [-0.39, 0.29) is 29.2 Å². The van der Waals surface area contributed by atoms with E-state index >= 15 is 0 Å². The summed E-state index contributed by atoms with van der Waals surface area (Å²) in [5, 5.41) is 14.4. The number of H-pyrrole nitrogens is 1. The molecule has 0 bridgehead atoms. The Morgan fingerprint density at radius 1 is 1.24 bits per heavy atom. The summed E-state index contributed by atoms with van der Waals surface area (Å²) in [6.07, 6.45) is 1.68. The third-order valence-electron chi connectivity index (χ3n) is 5.01. The molecule has 1 saturated heterocycles. The van der Waals surface area contributed by atoms with Gasteiger partial charge >= 0.3 is 0 Å². The van der Waals surface area contributed by atoms with Gasteiger partial charge in [-0.2, -0.15) is 0 Å². The van der Waals surface area contributed by atoms with E-state index in [0.29, 0.717) is 24.3 Å². The van der Waals surface area contributed by atoms with E-state index in [1.165, 1.54) is 25.3 Å². The maximum atomic E-state index is 12.7. The Balaban J connectivity index is 1.40. The van der Waals surface area contributed by atoms with Crippen molar-refractivity contribution in [1.82, 2.24) is 9.88 Å². The molecule has 4 rings (SSSR count). The first-order valence-corrected chi connectivity index (χ1v) is 8.96. The van der Waals surface area contributed by atoms with Crippen LogP contribution in [0.5, 0.6) is 5.75 Å². The molecule has 148 valence electrons. The van der Waals surface area contributed by atoms with E-state index in [4.69, 9.17) is 4.74 Å². The molecule has 2 amide bonds. The molecule has 0 unspecified atom stereocenters. The quantitative estimate of drug-likeness (QED) is 0.510. The van der Waals surface area contributed by atoms with Gasteiger partial charge in [0.25, 0.3) is 11.6 Å². The van der Waals surface area contributed by atoms with Crippen LogP contribution < -0.4 is 10.1 Å². The monoisotopic (exact) mass is 394 g/mol. The number of nitrogens with zero attached hydrogens (tertiary/aromatic N) is 2. The second kappa shape index (κ2) is 7.27. The van der Waals surface area contributed by atoms with Gasteiger partial charge in [0, 0.05) is 36.3 Å². The zero-order valence-corrected chi connectivity index (χ0v) is 15.5. The highest BCUT2D eigenvalue weighted by Gasteiger charge is 2.37. The zero-order valence-electron chi connectivity index (χ0n) is 15.5. The number of methoxy groups -OCH3 is 1. The second-order valence-corrected chi connectivity index (χ2v) is 6.79. The second-order valence-electron chi connectivity index (χ2n) is 6.79. The molecular weight excluding hydrogens is 376 g/mol. The average Bonchev–Trinajstić information content (AvgIpc) is 3.11. The Hall–Kier alpha value is -3.88. The fraction of sp³-hybridized carbons (Fsp3) is 0.200. The zero-order chi connectivity index (χ0) is 20.5. The van der Waals surface area contributed by atoms with Gasteiger partial charge < -0.3 is 19.9 Å². The third kappa shape index (κ3) is 3.38. The summed E-state index contributed by atoms with van der Waals surface area (Å²) in [7, 11) is 1.37. The highest BCUT2D eigenvalue weighted by Crippen LogP contribution is 2.30. The lowest BCUT2D eigenvalue weighted by Crippen LogP contribution is -2.54. The molecule has 2 aromatic carbocycles. The summed E-state index contributed by atoms with van der Waals surface area (Å²) in [5.41, 5.74) is 1.69. The average molecular weight is 394 g/mol. The van der Waals surface area contributed by atoms with Gasteiger partial charge in [0.05, 0.1) is 35.3 Å². The minimum absolute atomic E-state index is 0.126. The van der Waals surface area contributed by atoms with Crippen molar-refractivity contribution >= 4 is 34.1 Å². The van der Waals surface area contributed by atoms with Crippen LogP contribution in [-0.4, -0.2) is 46.8 Å². The smallest absolute Gasteiger partial charge is 0.273 e. The maximum Gasteiger partial charge on any atom is 0.273 e. The van der Waals surface area contributed by atoms with Crippen LogP contribution >= 0.6 is 0 Å². The van der Waals surface area contributed by atoms with Crippen LogP contribution in [0.1, 0.15) is 10.4 Å². The lowest BCUT2D eigenvalue weighted by molar-refractivity contribution is -0.384. The van der Waals surface area contributed by atoms with Gasteiger partial charge in [0.15, 0.2) is 0 Å². The first kappa shape index (κ1) is 18.5. The number of hydrogen-bond donors (Lipinski definition) is 2. The summed E-state index contributed by atoms with van der Waals surface area (Å²) >= 11 is 0. The molecule has 1 aromatic heterocycles. The van der Waals surface area contributed by atoms with Crippen molar-refractivity contribution < 1.29 is 19.2 Å². The SMILES string of the molecule is COc1cc([N+](=O)[O-])ccc1NC(=O)C1CN(C(=O)c2c[nH]c3ccccc23)C1. The molecule has 1 aliphatic heterocycles. The van der Waals surface area contributed by atoms with Gasteiger partial charge in [0.1, 0.15) is 5.75 Å². The summed E-state index contributed by atoms with van der Waals surface area (Å²) < 4.78 is 5.13. The predicted molar refractivity (Wildman–Crippen MR) is 106 cm³/mol. The molecule has 1 fully saturated rings. The molecule has 0 atom stereocenters. The van der Waals surface area contributed by atoms with Gasteiger partial charge in [-0.3, -0.25) is 19.7 Å². The first-order chi connectivity index (χ1) is 14.0. The molecule has 0 radical (unpaired) electrons. The van der Waals surface area contributed by atoms with E-state index in [2.05, 4.69) is 10.3 Å². The van der Waals surface area contributed by atoms with E-state index in [1.54, 1.807) is 11.1 Å². The summed E-state index contributed by atoms with van der Waals surface area (Å²) in [6.45, 7) is 0.610. The van der Waals surface area contributed by atoms with Crippen molar-refractivity contribution in [3.8, 4) is 5.75 Å². The van der Waals surface area contributed by atoms with Gasteiger partial charge in [-0.05, 0) is 12.1 Å². The van der Waals surface area contributed by atoms with Crippen molar-refractivity contribution in [2.24, 2.45) is 5.92 Å². The number of aromatic nitrogens is 1. The Bertz CT molecular complexity index is 1120. The van der Waals surface area contributed by atoms with Gasteiger partial charge in [-0.15, -0.1) is 0 Å². The minimum atomic E-state index is -0.533. The Kier molecular flexibility index (Phi) is 4.63. The van der Waals surface area contributed by atoms with E-state index in [1.807, 2.05) is 24.3 Å². The topological polar surface area (TPSA) is 118 Å². The number of rotatable bonds is 5. The van der Waals surface area contributed by atoms with Crippen molar-refractivity contribution in [2.75, 3.05) is 25.5 Å². The fourth-order valence-corrected chi connectivity index (χ4v) is 3.36. The van der Waals surface area contributed by atoms with Crippen LogP contribution in [0.15, 0.2) is 48.7 Å². The number of aromatic amines is 1. The van der Waals surface area contributed by atoms with Crippen LogP contribution in [-0.2, 0) is 4.79 Å². The Morgan fingerprint density at radius 2 is 2.00 bits per heavy atom. The molecule has 29 heavy (non-hydrogen) atoms. The molecule has 2 N–H and O–H groups in total. The molecule has 3 aromatic rings. The number of anilines is 1. The highest BCUT2D eigenvalue weighted by atomic mass is 16.6. The largest absolute Gasteiger partial charge is 0.494 e. The number of benzene rings is 2. The predicted octanol–water partition coefficient (Wildman–Crippen LogP) is 2.80. The number of nitrogens with one attached hydrogen (secondary N) is 2. The summed E-state index contributed by atoms with van der Waals surface area (Å²) in [4.78, 5) is 40.3. The van der Waals surface area contributed by atoms with E-state index in [0.717, 1.165) is 10.9 Å². The Labute approximate surface area is 165 Å². The van der Waals surface area contributed by atoms with Crippen LogP contribution in [0.25, 0.3) is 10.9 Å². The van der Waals surface area contributed by atoms with Crippen LogP contribution in [0.3, 0.4) is 0 Å². The van der Waals surface area contributed by atoms with Gasteiger partial charge in [-0.1, -0.05) is 18.2 Å². The molecule has 9 heteroatoms. The van der Waals surface area contributed by atoms with Crippen molar-refractivity contribution in [2.45, 2.75) is 0 Å². The minimum Gasteiger partial charge on any atom is -0.494 e. The number of carbonyl (C=O) groups excluding carboxylic acids is 2. The lowest BCUT2D eigenvalue weighted by atomic mass is 9.97. The molecule has 0 aliphatic carbocycles. The van der Waals surface area contributed by atoms with E-state index in [9.17, 15) is 19.7 Å². The third-order valence-corrected chi connectivity index (χ3v) is 5.01. The number of non-ortho nitro benzene ring substituents is 1. The molecule has 9 nitrogen and oxygen atoms in total. The molecule has 1 aliphatic rings. The number of nitro benzene ring substituents is 1. The first-order valence-electron chi connectivity index (χ1n) is 8.96. The highest BCUT2D eigenvalue weighted by molar-refractivity contribution is 6.07. The Morgan fingerprint density at radius 3 is 2.72 bits per heavy atom. The number of fused-ring (bicyclic) bond motifs is 1. The standard InChI is InChI=1S/C20H18N4O5/c1-29-18-8-13(24(27)28)6-7-17(18)22-19(25)12-10-23(11-12)20(26)15-9-21-16-5-3-2-4-14(15)16/h2-9,12,21H,10-11H2,1H3,(H,22,25). The number of likely N-dealkylation sites (tertiary alicyclic amines) is 1. The number of hydrogen-bond acceptors (Lipinski definition) is 5. The van der Waals surface area contributed by atoms with Crippen molar-refractivity contribution in [3.63, 3.8) is 0 Å². The number of nitro groups is 1. The number of para-hydroxylation sites is 1. The molecule has 0 saturated carbocycles. The number of amides is 2. The lowest BCUT2D eigenvalue weighted by Gasteiger charge is -2.38. The van der Waals surface area contributed by atoms with Crippen LogP contribution in [0, 0.1) is 16.0 Å². The normalized spacial score (nSPS) is 13.8. The molecule has 0 spiro atoms. The molecule has 2 heterocycles. The van der Waals surface area contributed by atoms with Crippen LogP contribution in [0.4, 0.5) is 11.4 Å². The molecular formula is C20H18N4O5. The van der Waals surface area contributed by atoms with Crippen molar-refractivity contribution in [3.05, 3.63) is 64.3 Å². The maximum absolute atomic E-state index is 12.7. The van der Waals surface area contributed by atoms with E-state index < -0.39 is 4.92 Å². The van der Waals surface area contributed by atoms with Crippen molar-refractivity contribution in [1.29, 1.82) is 0 Å². The van der Waals surface area contributed by atoms with Gasteiger partial charge in [-0.25, -0.2) is 0 Å². The number of ether oxygens (including phenoxy) is 1. The van der Waals surface area contributed by atoms with Crippen LogP contribution in [0.2, 0.25) is 0 Å². The van der Waals surface area contributed by atoms with Gasteiger partial charge in [0.2, 0.25) is 5.91 Å². The summed E-state index contributed by atoms with van der Waals surface area (Å²) in [6, 6.07) is 11.5. The number of carbonyl (C=O) groups is 2.